The predicted molar refractivity (Wildman–Crippen MR) is 97.8 cm³/mol. The van der Waals surface area contributed by atoms with Crippen LogP contribution < -0.4 is 5.32 Å². The highest BCUT2D eigenvalue weighted by Gasteiger charge is 2.25. The highest BCUT2D eigenvalue weighted by atomic mass is 16.6. The van der Waals surface area contributed by atoms with E-state index in [9.17, 15) is 9.90 Å². The Morgan fingerprint density at radius 3 is 2.81 bits per heavy atom. The van der Waals surface area contributed by atoms with Gasteiger partial charge in [-0.3, -0.25) is 0 Å². The molecule has 0 radical (unpaired) electrons. The van der Waals surface area contributed by atoms with Gasteiger partial charge in [-0.25, -0.2) is 4.79 Å². The minimum atomic E-state index is -0.310. The Balaban J connectivity index is 1.41. The molecule has 1 amide bonds. The summed E-state index contributed by atoms with van der Waals surface area (Å²) in [5, 5.41) is 12.8. The molecule has 2 aromatic carbocycles. The fourth-order valence-corrected chi connectivity index (χ4v) is 2.86. The van der Waals surface area contributed by atoms with Gasteiger partial charge in [0.2, 0.25) is 0 Å². The lowest BCUT2D eigenvalue weighted by Gasteiger charge is -2.32. The molecule has 0 saturated carbocycles. The molecule has 1 unspecified atom stereocenters. The molecule has 3 rings (SSSR count). The third kappa shape index (κ3) is 5.47. The van der Waals surface area contributed by atoms with Crippen molar-refractivity contribution in [2.75, 3.05) is 26.2 Å². The number of phenols is 1. The second-order valence-corrected chi connectivity index (χ2v) is 6.28. The van der Waals surface area contributed by atoms with Crippen molar-refractivity contribution in [1.29, 1.82) is 0 Å². The third-order valence-corrected chi connectivity index (χ3v) is 4.21. The van der Waals surface area contributed by atoms with Crippen LogP contribution in [0, 0.1) is 0 Å². The van der Waals surface area contributed by atoms with Crippen molar-refractivity contribution in [1.82, 2.24) is 10.2 Å². The second-order valence-electron chi connectivity index (χ2n) is 6.28. The average molecular weight is 356 g/mol. The number of morpholine rings is 1. The Hall–Kier alpha value is -2.57. The molecule has 6 heteroatoms. The van der Waals surface area contributed by atoms with Crippen molar-refractivity contribution >= 4 is 6.09 Å². The van der Waals surface area contributed by atoms with E-state index >= 15 is 0 Å². The zero-order valence-corrected chi connectivity index (χ0v) is 14.6. The highest BCUT2D eigenvalue weighted by molar-refractivity contribution is 5.67. The Labute approximate surface area is 153 Å². The van der Waals surface area contributed by atoms with Gasteiger partial charge in [0.15, 0.2) is 0 Å². The van der Waals surface area contributed by atoms with Crippen LogP contribution in [0.15, 0.2) is 54.6 Å². The molecule has 2 aromatic rings. The normalized spacial score (nSPS) is 17.1. The molecule has 0 aromatic heterocycles. The van der Waals surface area contributed by atoms with Crippen molar-refractivity contribution < 1.29 is 19.4 Å². The van der Waals surface area contributed by atoms with Crippen LogP contribution >= 0.6 is 0 Å². The Kier molecular flexibility index (Phi) is 6.46. The molecule has 26 heavy (non-hydrogen) atoms. The van der Waals surface area contributed by atoms with Crippen molar-refractivity contribution in [3.63, 3.8) is 0 Å². The maximum absolute atomic E-state index is 12.2. The van der Waals surface area contributed by atoms with Gasteiger partial charge in [-0.2, -0.15) is 0 Å². The van der Waals surface area contributed by atoms with Gasteiger partial charge in [-0.05, 0) is 23.3 Å². The van der Waals surface area contributed by atoms with Gasteiger partial charge in [0, 0.05) is 19.6 Å². The van der Waals surface area contributed by atoms with Crippen LogP contribution in [0.3, 0.4) is 0 Å². The van der Waals surface area contributed by atoms with Crippen molar-refractivity contribution in [3.8, 4) is 5.75 Å². The number of carbonyl (C=O) groups excluding carboxylic acids is 1. The molecule has 0 spiro atoms. The first-order valence-corrected chi connectivity index (χ1v) is 8.76. The number of rotatable bonds is 6. The summed E-state index contributed by atoms with van der Waals surface area (Å²) < 4.78 is 11.1. The highest BCUT2D eigenvalue weighted by Crippen LogP contribution is 2.11. The number of nitrogens with zero attached hydrogens (tertiary/aromatic N) is 1. The van der Waals surface area contributed by atoms with Gasteiger partial charge in [-0.1, -0.05) is 42.5 Å². The molecule has 138 valence electrons. The summed E-state index contributed by atoms with van der Waals surface area (Å²) in [6.45, 7) is 3.07. The molecule has 1 atom stereocenters. The first kappa shape index (κ1) is 18.2. The number of amides is 1. The molecular formula is C20H24N2O4. The number of nitrogens with one attached hydrogen (secondary N) is 1. The SMILES string of the molecule is O=C(OCc1ccccc1)N1CCOC(CNCc2cccc(O)c2)C1. The number of benzene rings is 2. The largest absolute Gasteiger partial charge is 0.508 e. The van der Waals surface area contributed by atoms with Crippen LogP contribution in [0.5, 0.6) is 5.75 Å². The van der Waals surface area contributed by atoms with Gasteiger partial charge in [-0.15, -0.1) is 0 Å². The summed E-state index contributed by atoms with van der Waals surface area (Å²) >= 11 is 0. The van der Waals surface area contributed by atoms with Crippen molar-refractivity contribution in [2.24, 2.45) is 0 Å². The molecular weight excluding hydrogens is 332 g/mol. The number of phenolic OH excluding ortho intramolecular Hbond substituents is 1. The topological polar surface area (TPSA) is 71.0 Å². The lowest BCUT2D eigenvalue weighted by atomic mass is 10.2. The molecule has 2 N–H and O–H groups in total. The Morgan fingerprint density at radius 2 is 2.00 bits per heavy atom. The fraction of sp³-hybridized carbons (Fsp3) is 0.350. The summed E-state index contributed by atoms with van der Waals surface area (Å²) in [5.74, 6) is 0.255. The first-order chi connectivity index (χ1) is 12.7. The number of aromatic hydroxyl groups is 1. The molecule has 0 bridgehead atoms. The van der Waals surface area contributed by atoms with Crippen molar-refractivity contribution in [2.45, 2.75) is 19.3 Å². The standard InChI is InChI=1S/C20H24N2O4/c23-18-8-4-7-17(11-18)12-21-13-19-14-22(9-10-25-19)20(24)26-15-16-5-2-1-3-6-16/h1-8,11,19,21,23H,9-10,12-15H2. The molecule has 1 aliphatic heterocycles. The zero-order chi connectivity index (χ0) is 18.2. The van der Waals surface area contributed by atoms with Crippen LogP contribution in [-0.4, -0.2) is 48.4 Å². The van der Waals surface area contributed by atoms with E-state index in [-0.39, 0.29) is 24.6 Å². The quantitative estimate of drug-likeness (QED) is 0.832. The van der Waals surface area contributed by atoms with E-state index < -0.39 is 0 Å². The molecule has 1 fully saturated rings. The molecule has 1 heterocycles. The second kappa shape index (κ2) is 9.22. The summed E-state index contributed by atoms with van der Waals surface area (Å²) in [6, 6.07) is 16.8. The Bertz CT molecular complexity index is 708. The van der Waals surface area contributed by atoms with Crippen LogP contribution in [0.4, 0.5) is 4.79 Å². The van der Waals surface area contributed by atoms with E-state index in [2.05, 4.69) is 5.32 Å². The van der Waals surface area contributed by atoms with Gasteiger partial charge >= 0.3 is 6.09 Å². The van der Waals surface area contributed by atoms with Crippen molar-refractivity contribution in [3.05, 3.63) is 65.7 Å². The van der Waals surface area contributed by atoms with E-state index in [4.69, 9.17) is 9.47 Å². The van der Waals surface area contributed by atoms with Gasteiger partial charge in [0.1, 0.15) is 12.4 Å². The van der Waals surface area contributed by atoms with E-state index in [0.29, 0.717) is 32.8 Å². The molecule has 0 aliphatic carbocycles. The number of carbonyl (C=O) groups is 1. The summed E-state index contributed by atoms with van der Waals surface area (Å²) in [5.41, 5.74) is 1.97. The summed E-state index contributed by atoms with van der Waals surface area (Å²) in [4.78, 5) is 13.9. The predicted octanol–water partition coefficient (Wildman–Crippen LogP) is 2.52. The minimum absolute atomic E-state index is 0.0784. The van der Waals surface area contributed by atoms with E-state index in [1.165, 1.54) is 0 Å². The summed E-state index contributed by atoms with van der Waals surface area (Å²) in [7, 11) is 0. The number of ether oxygens (including phenoxy) is 2. The molecule has 6 nitrogen and oxygen atoms in total. The lowest BCUT2D eigenvalue weighted by Crippen LogP contribution is -2.49. The number of hydrogen-bond acceptors (Lipinski definition) is 5. The fourth-order valence-electron chi connectivity index (χ4n) is 2.86. The van der Waals surface area contributed by atoms with Crippen LogP contribution in [0.2, 0.25) is 0 Å². The summed E-state index contributed by atoms with van der Waals surface area (Å²) in [6.07, 6.45) is -0.388. The maximum Gasteiger partial charge on any atom is 0.410 e. The monoisotopic (exact) mass is 356 g/mol. The Morgan fingerprint density at radius 1 is 1.19 bits per heavy atom. The van der Waals surface area contributed by atoms with Gasteiger partial charge < -0.3 is 24.8 Å². The maximum atomic E-state index is 12.2. The van der Waals surface area contributed by atoms with Gasteiger partial charge in [0.05, 0.1) is 19.3 Å². The van der Waals surface area contributed by atoms with Crippen LogP contribution in [0.25, 0.3) is 0 Å². The molecule has 1 saturated heterocycles. The molecule has 1 aliphatic rings. The lowest BCUT2D eigenvalue weighted by molar-refractivity contribution is -0.0271. The minimum Gasteiger partial charge on any atom is -0.508 e. The number of hydrogen-bond donors (Lipinski definition) is 2. The first-order valence-electron chi connectivity index (χ1n) is 8.76. The zero-order valence-electron chi connectivity index (χ0n) is 14.6. The third-order valence-electron chi connectivity index (χ3n) is 4.21. The van der Waals surface area contributed by atoms with E-state index in [1.807, 2.05) is 42.5 Å². The van der Waals surface area contributed by atoms with Crippen LogP contribution in [0.1, 0.15) is 11.1 Å². The van der Waals surface area contributed by atoms with Gasteiger partial charge in [0.25, 0.3) is 0 Å². The van der Waals surface area contributed by atoms with E-state index in [0.717, 1.165) is 11.1 Å². The smallest absolute Gasteiger partial charge is 0.410 e. The van der Waals surface area contributed by atoms with Crippen LogP contribution in [-0.2, 0) is 22.6 Å². The average Bonchev–Trinajstić information content (AvgIpc) is 2.67. The van der Waals surface area contributed by atoms with E-state index in [1.54, 1.807) is 17.0 Å².